The van der Waals surface area contributed by atoms with E-state index in [0.717, 1.165) is 0 Å². The fraction of sp³-hybridized carbons (Fsp3) is 0.0588. The number of ether oxygens (including phenoxy) is 2. The Morgan fingerprint density at radius 1 is 1.22 bits per heavy atom. The number of phenols is 1. The average Bonchev–Trinajstić information content (AvgIpc) is 2.91. The summed E-state index contributed by atoms with van der Waals surface area (Å²) in [6.45, 7) is 0. The topological polar surface area (TPSA) is 68.1 Å². The quantitative estimate of drug-likeness (QED) is 0.692. The van der Waals surface area contributed by atoms with Crippen molar-refractivity contribution in [3.63, 3.8) is 0 Å². The first-order valence-electron chi connectivity index (χ1n) is 6.72. The third-order valence-corrected chi connectivity index (χ3v) is 3.47. The first kappa shape index (κ1) is 15.1. The Bertz CT molecular complexity index is 825. The number of cyclic esters (lactones) is 1. The van der Waals surface area contributed by atoms with Crippen LogP contribution in [-0.4, -0.2) is 24.1 Å². The van der Waals surface area contributed by atoms with E-state index in [4.69, 9.17) is 21.1 Å². The summed E-state index contributed by atoms with van der Waals surface area (Å²) in [6, 6.07) is 11.6. The van der Waals surface area contributed by atoms with Crippen molar-refractivity contribution in [2.75, 3.05) is 7.11 Å². The molecule has 0 fully saturated rings. The van der Waals surface area contributed by atoms with Crippen molar-refractivity contribution in [2.24, 2.45) is 4.99 Å². The summed E-state index contributed by atoms with van der Waals surface area (Å²) in [4.78, 5) is 16.1. The van der Waals surface area contributed by atoms with Gasteiger partial charge in [-0.15, -0.1) is 0 Å². The van der Waals surface area contributed by atoms with Gasteiger partial charge in [-0.05, 0) is 48.0 Å². The molecule has 0 bridgehead atoms. The molecule has 6 heteroatoms. The van der Waals surface area contributed by atoms with Crippen LogP contribution in [0.3, 0.4) is 0 Å². The number of aliphatic imine (C=N–C) groups is 1. The minimum absolute atomic E-state index is 0.0222. The van der Waals surface area contributed by atoms with Gasteiger partial charge in [-0.1, -0.05) is 17.7 Å². The van der Waals surface area contributed by atoms with Gasteiger partial charge in [-0.2, -0.15) is 0 Å². The van der Waals surface area contributed by atoms with Gasteiger partial charge in [0.2, 0.25) is 5.90 Å². The molecule has 0 aromatic heterocycles. The Morgan fingerprint density at radius 3 is 2.65 bits per heavy atom. The number of phenolic OH excluding ortho intramolecular Hbond substituents is 1. The minimum atomic E-state index is -0.540. The molecule has 2 aromatic carbocycles. The van der Waals surface area contributed by atoms with E-state index in [1.54, 1.807) is 42.5 Å². The van der Waals surface area contributed by atoms with E-state index in [1.807, 2.05) is 0 Å². The highest BCUT2D eigenvalue weighted by Gasteiger charge is 2.24. The van der Waals surface area contributed by atoms with Crippen LogP contribution in [0.2, 0.25) is 5.02 Å². The van der Waals surface area contributed by atoms with Crippen LogP contribution in [0.25, 0.3) is 6.08 Å². The van der Waals surface area contributed by atoms with Crippen LogP contribution < -0.4 is 4.74 Å². The second kappa shape index (κ2) is 6.14. The number of hydrogen-bond acceptors (Lipinski definition) is 5. The predicted octanol–water partition coefficient (Wildman–Crippen LogP) is 3.40. The van der Waals surface area contributed by atoms with Crippen LogP contribution in [0.1, 0.15) is 11.1 Å². The van der Waals surface area contributed by atoms with Crippen molar-refractivity contribution in [1.29, 1.82) is 0 Å². The first-order valence-corrected chi connectivity index (χ1v) is 7.10. The molecule has 0 saturated heterocycles. The number of carbonyl (C=O) groups is 1. The van der Waals surface area contributed by atoms with Gasteiger partial charge < -0.3 is 14.6 Å². The van der Waals surface area contributed by atoms with Gasteiger partial charge in [0.15, 0.2) is 17.2 Å². The zero-order valence-corrected chi connectivity index (χ0v) is 12.9. The Labute approximate surface area is 137 Å². The van der Waals surface area contributed by atoms with Gasteiger partial charge in [-0.25, -0.2) is 9.79 Å². The number of nitrogens with zero attached hydrogens (tertiary/aromatic N) is 1. The molecule has 5 nitrogen and oxygen atoms in total. The van der Waals surface area contributed by atoms with Crippen LogP contribution in [0, 0.1) is 0 Å². The highest BCUT2D eigenvalue weighted by atomic mass is 35.5. The summed E-state index contributed by atoms with van der Waals surface area (Å²) < 4.78 is 10.2. The van der Waals surface area contributed by atoms with Crippen molar-refractivity contribution in [3.05, 3.63) is 64.3 Å². The molecule has 0 amide bonds. The Balaban J connectivity index is 1.93. The highest BCUT2D eigenvalue weighted by Crippen LogP contribution is 2.28. The van der Waals surface area contributed by atoms with Crippen LogP contribution in [-0.2, 0) is 9.53 Å². The number of halogens is 1. The molecule has 1 aliphatic heterocycles. The summed E-state index contributed by atoms with van der Waals surface area (Å²) in [6.07, 6.45) is 1.56. The van der Waals surface area contributed by atoms with E-state index in [2.05, 4.69) is 4.99 Å². The number of esters is 1. The number of carbonyl (C=O) groups excluding carboxylic acids is 1. The Hall–Kier alpha value is -2.79. The number of rotatable bonds is 3. The van der Waals surface area contributed by atoms with E-state index in [0.29, 0.717) is 21.9 Å². The maximum Gasteiger partial charge on any atom is 0.363 e. The lowest BCUT2D eigenvalue weighted by Gasteiger charge is -2.03. The number of benzene rings is 2. The Kier molecular flexibility index (Phi) is 4.04. The zero-order valence-electron chi connectivity index (χ0n) is 12.1. The molecule has 1 heterocycles. The molecule has 2 aromatic rings. The molecule has 0 saturated carbocycles. The van der Waals surface area contributed by atoms with E-state index in [1.165, 1.54) is 13.2 Å². The van der Waals surface area contributed by atoms with Crippen molar-refractivity contribution < 1.29 is 19.4 Å². The smallest absolute Gasteiger partial charge is 0.363 e. The second-order valence-corrected chi connectivity index (χ2v) is 5.21. The lowest BCUT2D eigenvalue weighted by molar-refractivity contribution is -0.129. The predicted molar refractivity (Wildman–Crippen MR) is 86.7 cm³/mol. The molecular weight excluding hydrogens is 318 g/mol. The van der Waals surface area contributed by atoms with Gasteiger partial charge in [0.25, 0.3) is 0 Å². The minimum Gasteiger partial charge on any atom is -0.504 e. The first-order chi connectivity index (χ1) is 11.1. The van der Waals surface area contributed by atoms with Gasteiger partial charge >= 0.3 is 5.97 Å². The fourth-order valence-electron chi connectivity index (χ4n) is 2.07. The normalized spacial score (nSPS) is 15.5. The molecule has 0 unspecified atom stereocenters. The highest BCUT2D eigenvalue weighted by molar-refractivity contribution is 6.30. The molecule has 3 rings (SSSR count). The third-order valence-electron chi connectivity index (χ3n) is 3.22. The van der Waals surface area contributed by atoms with Crippen LogP contribution in [0.5, 0.6) is 11.5 Å². The Morgan fingerprint density at radius 2 is 1.96 bits per heavy atom. The van der Waals surface area contributed by atoms with Gasteiger partial charge in [0.05, 0.1) is 7.11 Å². The van der Waals surface area contributed by atoms with Gasteiger partial charge in [-0.3, -0.25) is 0 Å². The number of hydrogen-bond donors (Lipinski definition) is 1. The summed E-state index contributed by atoms with van der Waals surface area (Å²) in [5.41, 5.74) is 1.49. The molecule has 0 radical (unpaired) electrons. The standard InChI is InChI=1S/C17H12ClNO4/c1-22-15-9-10(2-7-14(15)20)8-13-17(21)23-16(19-13)11-3-5-12(18)6-4-11/h2-9,20H,1H3. The molecule has 0 spiro atoms. The van der Waals surface area contributed by atoms with Gasteiger partial charge in [0, 0.05) is 10.6 Å². The van der Waals surface area contributed by atoms with E-state index >= 15 is 0 Å². The van der Waals surface area contributed by atoms with E-state index < -0.39 is 5.97 Å². The zero-order chi connectivity index (χ0) is 16.4. The number of aromatic hydroxyl groups is 1. The molecule has 116 valence electrons. The van der Waals surface area contributed by atoms with Crippen molar-refractivity contribution in [2.45, 2.75) is 0 Å². The maximum absolute atomic E-state index is 11.9. The van der Waals surface area contributed by atoms with Crippen molar-refractivity contribution in [1.82, 2.24) is 0 Å². The number of methoxy groups -OCH3 is 1. The van der Waals surface area contributed by atoms with Crippen LogP contribution in [0.4, 0.5) is 0 Å². The summed E-state index contributed by atoms with van der Waals surface area (Å²) in [5, 5.41) is 10.2. The SMILES string of the molecule is COc1cc(C=C2N=C(c3ccc(Cl)cc3)OC2=O)ccc1O. The van der Waals surface area contributed by atoms with Crippen LogP contribution >= 0.6 is 11.6 Å². The van der Waals surface area contributed by atoms with Gasteiger partial charge in [0.1, 0.15) is 0 Å². The van der Waals surface area contributed by atoms with Crippen molar-refractivity contribution in [3.8, 4) is 11.5 Å². The molecule has 1 N–H and O–H groups in total. The average molecular weight is 330 g/mol. The lowest BCUT2D eigenvalue weighted by Crippen LogP contribution is -2.05. The molecule has 1 aliphatic rings. The summed E-state index contributed by atoms with van der Waals surface area (Å²) in [5.74, 6) is 0.0206. The molecule has 0 atom stereocenters. The maximum atomic E-state index is 11.9. The third kappa shape index (κ3) is 3.19. The van der Waals surface area contributed by atoms with E-state index in [-0.39, 0.29) is 17.3 Å². The van der Waals surface area contributed by atoms with E-state index in [9.17, 15) is 9.90 Å². The lowest BCUT2D eigenvalue weighted by atomic mass is 10.1. The fourth-order valence-corrected chi connectivity index (χ4v) is 2.19. The molecular formula is C17H12ClNO4. The largest absolute Gasteiger partial charge is 0.504 e. The summed E-state index contributed by atoms with van der Waals surface area (Å²) in [7, 11) is 1.45. The monoisotopic (exact) mass is 329 g/mol. The summed E-state index contributed by atoms with van der Waals surface area (Å²) >= 11 is 5.83. The second-order valence-electron chi connectivity index (χ2n) is 4.77. The molecule has 23 heavy (non-hydrogen) atoms. The van der Waals surface area contributed by atoms with Crippen LogP contribution in [0.15, 0.2) is 53.2 Å². The van der Waals surface area contributed by atoms with Crippen molar-refractivity contribution >= 4 is 29.5 Å². The molecule has 0 aliphatic carbocycles.